The molecule has 1 aromatic rings. The lowest BCUT2D eigenvalue weighted by atomic mass is 10.1. The lowest BCUT2D eigenvalue weighted by Gasteiger charge is -2.07. The maximum atomic E-state index is 13.2. The molecule has 1 rings (SSSR count). The summed E-state index contributed by atoms with van der Waals surface area (Å²) in [6, 6.07) is 3.77. The molecule has 0 unspecified atom stereocenters. The molecule has 16 heavy (non-hydrogen) atoms. The van der Waals surface area contributed by atoms with Gasteiger partial charge in [-0.15, -0.1) is 0 Å². The molecule has 0 aliphatic heterocycles. The summed E-state index contributed by atoms with van der Waals surface area (Å²) in [6.07, 6.45) is 0. The molecular formula is C11H11FO4. The maximum Gasteiger partial charge on any atom is 0.379 e. The van der Waals surface area contributed by atoms with E-state index in [2.05, 4.69) is 4.74 Å². The van der Waals surface area contributed by atoms with E-state index < -0.39 is 17.6 Å². The fourth-order valence-electron chi connectivity index (χ4n) is 1.20. The van der Waals surface area contributed by atoms with Gasteiger partial charge >= 0.3 is 5.97 Å². The molecule has 5 heteroatoms. The topological polar surface area (TPSA) is 52.6 Å². The fraction of sp³-hybridized carbons (Fsp3) is 0.273. The Balaban J connectivity index is 3.08. The minimum Gasteiger partial charge on any atom is -0.493 e. The van der Waals surface area contributed by atoms with Crippen LogP contribution in [0.25, 0.3) is 0 Å². The van der Waals surface area contributed by atoms with Crippen LogP contribution in [0.4, 0.5) is 4.39 Å². The summed E-state index contributed by atoms with van der Waals surface area (Å²) in [4.78, 5) is 22.7. The number of hydrogen-bond donors (Lipinski definition) is 0. The van der Waals surface area contributed by atoms with Crippen LogP contribution in [0, 0.1) is 5.82 Å². The Morgan fingerprint density at radius 1 is 1.38 bits per heavy atom. The lowest BCUT2D eigenvalue weighted by Crippen LogP contribution is -2.18. The van der Waals surface area contributed by atoms with E-state index in [-0.39, 0.29) is 17.9 Å². The second kappa shape index (κ2) is 5.25. The normalized spacial score (nSPS) is 9.69. The molecule has 4 nitrogen and oxygen atoms in total. The van der Waals surface area contributed by atoms with Gasteiger partial charge in [-0.25, -0.2) is 9.18 Å². The minimum absolute atomic E-state index is 0.0855. The second-order valence-electron chi connectivity index (χ2n) is 2.87. The molecule has 0 bridgehead atoms. The number of ether oxygens (including phenoxy) is 2. The highest BCUT2D eigenvalue weighted by molar-refractivity contribution is 6.41. The average molecular weight is 226 g/mol. The molecule has 0 amide bonds. The molecule has 0 radical (unpaired) electrons. The summed E-state index contributed by atoms with van der Waals surface area (Å²) in [5.74, 6) is -2.89. The zero-order chi connectivity index (χ0) is 12.1. The van der Waals surface area contributed by atoms with Crippen LogP contribution in [-0.2, 0) is 9.53 Å². The van der Waals surface area contributed by atoms with Gasteiger partial charge in [0.05, 0.1) is 19.3 Å². The number of hydrogen-bond acceptors (Lipinski definition) is 4. The standard InChI is InChI=1S/C11H11FO4/c1-3-16-11(14)9(13)7-5-4-6-8(12)10(7)15-2/h4-6H,3H2,1-2H3. The Morgan fingerprint density at radius 2 is 2.06 bits per heavy atom. The van der Waals surface area contributed by atoms with Crippen molar-refractivity contribution in [3.05, 3.63) is 29.6 Å². The van der Waals surface area contributed by atoms with Crippen LogP contribution in [0.3, 0.4) is 0 Å². The van der Waals surface area contributed by atoms with Crippen molar-refractivity contribution < 1.29 is 23.5 Å². The number of carbonyl (C=O) groups is 2. The summed E-state index contributed by atoms with van der Waals surface area (Å²) >= 11 is 0. The number of ketones is 1. The van der Waals surface area contributed by atoms with Crippen molar-refractivity contribution in [2.24, 2.45) is 0 Å². The Bertz CT molecular complexity index is 414. The van der Waals surface area contributed by atoms with Gasteiger partial charge in [0.2, 0.25) is 0 Å². The molecule has 0 spiro atoms. The fourth-order valence-corrected chi connectivity index (χ4v) is 1.20. The molecule has 0 N–H and O–H groups in total. The second-order valence-corrected chi connectivity index (χ2v) is 2.87. The molecule has 0 atom stereocenters. The van der Waals surface area contributed by atoms with E-state index in [1.165, 1.54) is 19.2 Å². The molecule has 0 fully saturated rings. The van der Waals surface area contributed by atoms with E-state index in [1.807, 2.05) is 0 Å². The first-order valence-electron chi connectivity index (χ1n) is 4.65. The van der Waals surface area contributed by atoms with Crippen molar-refractivity contribution in [3.63, 3.8) is 0 Å². The van der Waals surface area contributed by atoms with Crippen molar-refractivity contribution in [1.29, 1.82) is 0 Å². The van der Waals surface area contributed by atoms with E-state index in [0.29, 0.717) is 0 Å². The number of benzene rings is 1. The molecule has 0 aliphatic rings. The van der Waals surface area contributed by atoms with Crippen LogP contribution < -0.4 is 4.74 Å². The Hall–Kier alpha value is -1.91. The number of Topliss-reactive ketones (excluding diaryl/α,β-unsaturated/α-hetero) is 1. The number of esters is 1. The van der Waals surface area contributed by atoms with Gasteiger partial charge in [0.25, 0.3) is 5.78 Å². The maximum absolute atomic E-state index is 13.2. The summed E-state index contributed by atoms with van der Waals surface area (Å²) in [7, 11) is 1.22. The predicted octanol–water partition coefficient (Wildman–Crippen LogP) is 1.58. The third-order valence-electron chi connectivity index (χ3n) is 1.88. The van der Waals surface area contributed by atoms with Crippen LogP contribution in [0.1, 0.15) is 17.3 Å². The lowest BCUT2D eigenvalue weighted by molar-refractivity contribution is -0.137. The van der Waals surface area contributed by atoms with Gasteiger partial charge in [-0.3, -0.25) is 4.79 Å². The van der Waals surface area contributed by atoms with Crippen molar-refractivity contribution >= 4 is 11.8 Å². The third kappa shape index (κ3) is 2.36. The van der Waals surface area contributed by atoms with Crippen LogP contribution in [0.2, 0.25) is 0 Å². The molecular weight excluding hydrogens is 215 g/mol. The van der Waals surface area contributed by atoms with Crippen LogP contribution in [0.5, 0.6) is 5.75 Å². The summed E-state index contributed by atoms with van der Waals surface area (Å²) in [6.45, 7) is 1.66. The highest BCUT2D eigenvalue weighted by Crippen LogP contribution is 2.22. The monoisotopic (exact) mass is 226 g/mol. The van der Waals surface area contributed by atoms with Gasteiger partial charge in [-0.2, -0.15) is 0 Å². The van der Waals surface area contributed by atoms with Crippen molar-refractivity contribution in [3.8, 4) is 5.75 Å². The molecule has 0 heterocycles. The first kappa shape index (κ1) is 12.2. The predicted molar refractivity (Wildman–Crippen MR) is 53.9 cm³/mol. The molecule has 0 aromatic heterocycles. The zero-order valence-corrected chi connectivity index (χ0v) is 8.95. The number of carbonyl (C=O) groups excluding carboxylic acids is 2. The Kier molecular flexibility index (Phi) is 3.99. The van der Waals surface area contributed by atoms with Crippen molar-refractivity contribution in [2.75, 3.05) is 13.7 Å². The smallest absolute Gasteiger partial charge is 0.379 e. The number of halogens is 1. The van der Waals surface area contributed by atoms with Crippen molar-refractivity contribution in [1.82, 2.24) is 0 Å². The van der Waals surface area contributed by atoms with Gasteiger partial charge in [-0.05, 0) is 19.1 Å². The van der Waals surface area contributed by atoms with E-state index in [4.69, 9.17) is 4.74 Å². The molecule has 86 valence electrons. The first-order valence-corrected chi connectivity index (χ1v) is 4.65. The third-order valence-corrected chi connectivity index (χ3v) is 1.88. The molecule has 0 saturated heterocycles. The van der Waals surface area contributed by atoms with Crippen LogP contribution >= 0.6 is 0 Å². The Morgan fingerprint density at radius 3 is 2.62 bits per heavy atom. The van der Waals surface area contributed by atoms with E-state index >= 15 is 0 Å². The van der Waals surface area contributed by atoms with Crippen LogP contribution in [-0.4, -0.2) is 25.5 Å². The SMILES string of the molecule is CCOC(=O)C(=O)c1cccc(F)c1OC. The van der Waals surface area contributed by atoms with Gasteiger partial charge in [0.1, 0.15) is 0 Å². The highest BCUT2D eigenvalue weighted by atomic mass is 19.1. The van der Waals surface area contributed by atoms with Gasteiger partial charge in [0, 0.05) is 0 Å². The minimum atomic E-state index is -1.02. The van der Waals surface area contributed by atoms with E-state index in [1.54, 1.807) is 6.92 Å². The number of rotatable bonds is 4. The van der Waals surface area contributed by atoms with E-state index in [0.717, 1.165) is 6.07 Å². The number of methoxy groups -OCH3 is 1. The largest absolute Gasteiger partial charge is 0.493 e. The zero-order valence-electron chi connectivity index (χ0n) is 8.95. The molecule has 0 saturated carbocycles. The summed E-state index contributed by atoms with van der Waals surface area (Å²) in [5, 5.41) is 0. The first-order chi connectivity index (χ1) is 7.61. The summed E-state index contributed by atoms with van der Waals surface area (Å²) in [5.41, 5.74) is -0.138. The van der Waals surface area contributed by atoms with Crippen molar-refractivity contribution in [2.45, 2.75) is 6.92 Å². The number of para-hydroxylation sites is 1. The highest BCUT2D eigenvalue weighted by Gasteiger charge is 2.23. The quantitative estimate of drug-likeness (QED) is 0.444. The van der Waals surface area contributed by atoms with Gasteiger partial charge in [0.15, 0.2) is 11.6 Å². The van der Waals surface area contributed by atoms with Gasteiger partial charge < -0.3 is 9.47 Å². The average Bonchev–Trinajstić information content (AvgIpc) is 2.28. The molecule has 0 aliphatic carbocycles. The van der Waals surface area contributed by atoms with Crippen LogP contribution in [0.15, 0.2) is 18.2 Å². The van der Waals surface area contributed by atoms with E-state index in [9.17, 15) is 14.0 Å². The molecule has 1 aromatic carbocycles. The summed E-state index contributed by atoms with van der Waals surface area (Å²) < 4.78 is 22.5. The Labute approximate surface area is 92.0 Å². The van der Waals surface area contributed by atoms with Gasteiger partial charge in [-0.1, -0.05) is 6.07 Å².